The molecule has 0 spiro atoms. The van der Waals surface area contributed by atoms with Crippen LogP contribution in [-0.4, -0.2) is 24.0 Å². The van der Waals surface area contributed by atoms with E-state index in [2.05, 4.69) is 15.0 Å². The third kappa shape index (κ3) is 2.97. The van der Waals surface area contributed by atoms with E-state index in [1.165, 1.54) is 7.11 Å². The minimum absolute atomic E-state index is 0.327. The Bertz CT molecular complexity index is 669. The maximum absolute atomic E-state index is 12.0. The molecule has 0 radical (unpaired) electrons. The number of halogens is 1. The number of carbonyl (C=O) groups excluding carboxylic acids is 2. The van der Waals surface area contributed by atoms with E-state index in [9.17, 15) is 9.59 Å². The molecule has 5 nitrogen and oxygen atoms in total. The third-order valence-corrected chi connectivity index (χ3v) is 3.89. The first-order valence-corrected chi connectivity index (χ1v) is 6.84. The normalized spacial score (nSPS) is 10.2. The van der Waals surface area contributed by atoms with Crippen LogP contribution < -0.4 is 5.32 Å². The summed E-state index contributed by atoms with van der Waals surface area (Å²) in [6.45, 7) is 1.67. The molecule has 0 unspecified atom stereocenters. The number of nitrogens with one attached hydrogen (secondary N) is 1. The second kappa shape index (κ2) is 6.02. The monoisotopic (exact) mass is 310 g/mol. The maximum atomic E-state index is 12.0. The molecule has 0 aliphatic carbocycles. The highest BCUT2D eigenvalue weighted by atomic mass is 35.5. The summed E-state index contributed by atoms with van der Waals surface area (Å²) in [5, 5.41) is 3.30. The van der Waals surface area contributed by atoms with Crippen molar-refractivity contribution in [1.29, 1.82) is 0 Å². The molecule has 7 heteroatoms. The Morgan fingerprint density at radius 3 is 2.70 bits per heavy atom. The SMILES string of the molecule is COC(=O)c1sc(NC(=O)c2ccccc2Cl)nc1C. The highest BCUT2D eigenvalue weighted by Crippen LogP contribution is 2.24. The largest absolute Gasteiger partial charge is 0.465 e. The number of benzene rings is 1. The van der Waals surface area contributed by atoms with E-state index < -0.39 is 5.97 Å². The van der Waals surface area contributed by atoms with E-state index in [1.807, 2.05) is 0 Å². The zero-order valence-corrected chi connectivity index (χ0v) is 12.3. The lowest BCUT2D eigenvalue weighted by Gasteiger charge is -2.03. The molecular weight excluding hydrogens is 300 g/mol. The number of aryl methyl sites for hydroxylation is 1. The van der Waals surface area contributed by atoms with E-state index in [0.29, 0.717) is 26.3 Å². The van der Waals surface area contributed by atoms with E-state index in [1.54, 1.807) is 31.2 Å². The van der Waals surface area contributed by atoms with Gasteiger partial charge in [0.25, 0.3) is 5.91 Å². The lowest BCUT2D eigenvalue weighted by molar-refractivity contribution is 0.0605. The van der Waals surface area contributed by atoms with Crippen molar-refractivity contribution in [3.05, 3.63) is 45.4 Å². The van der Waals surface area contributed by atoms with Crippen LogP contribution in [0.1, 0.15) is 25.7 Å². The molecule has 1 heterocycles. The minimum Gasteiger partial charge on any atom is -0.465 e. The Hall–Kier alpha value is -1.92. The van der Waals surface area contributed by atoms with Crippen LogP contribution in [0.5, 0.6) is 0 Å². The van der Waals surface area contributed by atoms with Crippen LogP contribution in [-0.2, 0) is 4.74 Å². The van der Waals surface area contributed by atoms with Gasteiger partial charge in [0.05, 0.1) is 23.4 Å². The fraction of sp³-hybridized carbons (Fsp3) is 0.154. The summed E-state index contributed by atoms with van der Waals surface area (Å²) in [4.78, 5) is 28.0. The Morgan fingerprint density at radius 1 is 1.35 bits per heavy atom. The molecule has 2 rings (SSSR count). The number of amides is 1. The van der Waals surface area contributed by atoms with Crippen molar-refractivity contribution in [3.63, 3.8) is 0 Å². The van der Waals surface area contributed by atoms with Gasteiger partial charge >= 0.3 is 5.97 Å². The smallest absolute Gasteiger partial charge is 0.350 e. The van der Waals surface area contributed by atoms with Crippen molar-refractivity contribution >= 4 is 39.9 Å². The Kier molecular flexibility index (Phi) is 4.36. The topological polar surface area (TPSA) is 68.3 Å². The Morgan fingerprint density at radius 2 is 2.05 bits per heavy atom. The average Bonchev–Trinajstić information content (AvgIpc) is 2.79. The number of anilines is 1. The van der Waals surface area contributed by atoms with Crippen LogP contribution in [0.3, 0.4) is 0 Å². The minimum atomic E-state index is -0.474. The molecular formula is C13H11ClN2O3S. The van der Waals surface area contributed by atoms with E-state index in [0.717, 1.165) is 11.3 Å². The van der Waals surface area contributed by atoms with Crippen LogP contribution in [0.4, 0.5) is 5.13 Å². The van der Waals surface area contributed by atoms with Crippen LogP contribution >= 0.6 is 22.9 Å². The predicted octanol–water partition coefficient (Wildman–Crippen LogP) is 3.14. The summed E-state index contributed by atoms with van der Waals surface area (Å²) in [6, 6.07) is 6.69. The molecule has 1 aromatic heterocycles. The quantitative estimate of drug-likeness (QED) is 0.884. The molecule has 0 aliphatic heterocycles. The van der Waals surface area contributed by atoms with Gasteiger partial charge in [-0.05, 0) is 19.1 Å². The van der Waals surface area contributed by atoms with Gasteiger partial charge in [0.15, 0.2) is 5.13 Å². The fourth-order valence-corrected chi connectivity index (χ4v) is 2.64. The average molecular weight is 311 g/mol. The standard InChI is InChI=1S/C13H11ClN2O3S/c1-7-10(12(18)19-2)20-13(15-7)16-11(17)8-5-3-4-6-9(8)14/h3-6H,1-2H3,(H,15,16,17). The van der Waals surface area contributed by atoms with Gasteiger partial charge in [-0.15, -0.1) is 0 Å². The van der Waals surface area contributed by atoms with Gasteiger partial charge in [-0.1, -0.05) is 35.1 Å². The zero-order chi connectivity index (χ0) is 14.7. The number of nitrogens with zero attached hydrogens (tertiary/aromatic N) is 1. The number of hydrogen-bond donors (Lipinski definition) is 1. The van der Waals surface area contributed by atoms with Gasteiger partial charge in [0.2, 0.25) is 0 Å². The lowest BCUT2D eigenvalue weighted by Crippen LogP contribution is -2.12. The molecule has 1 amide bonds. The van der Waals surface area contributed by atoms with Gasteiger partial charge in [0.1, 0.15) is 4.88 Å². The molecule has 2 aromatic rings. The van der Waals surface area contributed by atoms with Crippen molar-refractivity contribution in [1.82, 2.24) is 4.98 Å². The van der Waals surface area contributed by atoms with Gasteiger partial charge < -0.3 is 4.74 Å². The fourth-order valence-electron chi connectivity index (χ4n) is 1.54. The van der Waals surface area contributed by atoms with Crippen molar-refractivity contribution in [3.8, 4) is 0 Å². The molecule has 0 fully saturated rings. The molecule has 0 aliphatic rings. The van der Waals surface area contributed by atoms with Crippen LogP contribution in [0.2, 0.25) is 5.02 Å². The first-order chi connectivity index (χ1) is 9.52. The Labute approximate surface area is 124 Å². The first kappa shape index (κ1) is 14.5. The second-order valence-electron chi connectivity index (χ2n) is 3.86. The molecule has 20 heavy (non-hydrogen) atoms. The number of ether oxygens (including phenoxy) is 1. The van der Waals surface area contributed by atoms with Crippen LogP contribution in [0.15, 0.2) is 24.3 Å². The van der Waals surface area contributed by atoms with Gasteiger partial charge in [-0.2, -0.15) is 0 Å². The van der Waals surface area contributed by atoms with E-state index in [4.69, 9.17) is 11.6 Å². The first-order valence-electron chi connectivity index (χ1n) is 5.64. The molecule has 1 N–H and O–H groups in total. The summed E-state index contributed by atoms with van der Waals surface area (Å²) < 4.78 is 4.64. The van der Waals surface area contributed by atoms with Crippen LogP contribution in [0.25, 0.3) is 0 Å². The summed E-state index contributed by atoms with van der Waals surface area (Å²) in [5.41, 5.74) is 0.859. The van der Waals surface area contributed by atoms with E-state index >= 15 is 0 Å². The second-order valence-corrected chi connectivity index (χ2v) is 5.27. The molecule has 0 atom stereocenters. The highest BCUT2D eigenvalue weighted by Gasteiger charge is 2.18. The number of methoxy groups -OCH3 is 1. The van der Waals surface area contributed by atoms with Gasteiger partial charge in [-0.3, -0.25) is 10.1 Å². The lowest BCUT2D eigenvalue weighted by atomic mass is 10.2. The number of thiazole rings is 1. The van der Waals surface area contributed by atoms with Crippen molar-refractivity contribution in [2.45, 2.75) is 6.92 Å². The van der Waals surface area contributed by atoms with Crippen molar-refractivity contribution in [2.24, 2.45) is 0 Å². The number of hydrogen-bond acceptors (Lipinski definition) is 5. The number of carbonyl (C=O) groups is 2. The molecule has 0 bridgehead atoms. The van der Waals surface area contributed by atoms with Crippen molar-refractivity contribution in [2.75, 3.05) is 12.4 Å². The zero-order valence-electron chi connectivity index (χ0n) is 10.8. The molecule has 1 aromatic carbocycles. The molecule has 104 valence electrons. The Balaban J connectivity index is 2.21. The van der Waals surface area contributed by atoms with Gasteiger partial charge in [0, 0.05) is 0 Å². The van der Waals surface area contributed by atoms with Crippen molar-refractivity contribution < 1.29 is 14.3 Å². The molecule has 0 saturated carbocycles. The highest BCUT2D eigenvalue weighted by molar-refractivity contribution is 7.17. The molecule has 0 saturated heterocycles. The summed E-state index contributed by atoms with van der Waals surface area (Å²) >= 11 is 7.00. The maximum Gasteiger partial charge on any atom is 0.350 e. The summed E-state index contributed by atoms with van der Waals surface area (Å²) in [7, 11) is 1.30. The summed E-state index contributed by atoms with van der Waals surface area (Å²) in [5.74, 6) is -0.848. The number of esters is 1. The van der Waals surface area contributed by atoms with Gasteiger partial charge in [-0.25, -0.2) is 9.78 Å². The third-order valence-electron chi connectivity index (χ3n) is 2.51. The van der Waals surface area contributed by atoms with Crippen LogP contribution in [0, 0.1) is 6.92 Å². The number of aromatic nitrogens is 1. The predicted molar refractivity (Wildman–Crippen MR) is 77.6 cm³/mol. The summed E-state index contributed by atoms with van der Waals surface area (Å²) in [6.07, 6.45) is 0. The van der Waals surface area contributed by atoms with E-state index in [-0.39, 0.29) is 5.91 Å². The number of rotatable bonds is 3.